The second-order valence-corrected chi connectivity index (χ2v) is 3.11. The highest BCUT2D eigenvalue weighted by molar-refractivity contribution is 7.80. The Morgan fingerprint density at radius 3 is 2.00 bits per heavy atom. The van der Waals surface area contributed by atoms with Crippen LogP contribution in [0.1, 0.15) is 12.8 Å². The highest BCUT2D eigenvalue weighted by Crippen LogP contribution is 2.09. The van der Waals surface area contributed by atoms with Gasteiger partial charge < -0.3 is 15.9 Å². The first-order valence-electron chi connectivity index (χ1n) is 3.81. The summed E-state index contributed by atoms with van der Waals surface area (Å²) in [6.45, 7) is 0. The molecule has 13 heavy (non-hydrogen) atoms. The Morgan fingerprint density at radius 1 is 1.23 bits per heavy atom. The number of thiol groups is 1. The maximum atomic E-state index is 10.4. The van der Waals surface area contributed by atoms with E-state index in [2.05, 4.69) is 12.6 Å². The summed E-state index contributed by atoms with van der Waals surface area (Å²) in [7, 11) is 0. The minimum Gasteiger partial charge on any atom is -0.481 e. The zero-order valence-corrected chi connectivity index (χ0v) is 7.91. The van der Waals surface area contributed by atoms with Gasteiger partial charge in [0.25, 0.3) is 0 Å². The topological polar surface area (TPSA) is 101 Å². The number of hydrogen-bond donors (Lipinski definition) is 4. The SMILES string of the molecule is N[C@H](CS)CCC(C(=O)O)C(=O)O. The lowest BCUT2D eigenvalue weighted by atomic mass is 10.0. The minimum absolute atomic E-state index is 0.0480. The Hall–Kier alpha value is -0.750. The molecule has 0 bridgehead atoms. The molecule has 0 aliphatic heterocycles. The van der Waals surface area contributed by atoms with Crippen molar-refractivity contribution in [1.82, 2.24) is 0 Å². The smallest absolute Gasteiger partial charge is 0.317 e. The van der Waals surface area contributed by atoms with E-state index < -0.39 is 17.9 Å². The van der Waals surface area contributed by atoms with Gasteiger partial charge in [-0.15, -0.1) is 0 Å². The van der Waals surface area contributed by atoms with Crippen molar-refractivity contribution < 1.29 is 19.8 Å². The van der Waals surface area contributed by atoms with Crippen LogP contribution in [-0.4, -0.2) is 33.9 Å². The Balaban J connectivity index is 3.98. The van der Waals surface area contributed by atoms with Crippen LogP contribution >= 0.6 is 12.6 Å². The molecule has 76 valence electrons. The van der Waals surface area contributed by atoms with Gasteiger partial charge in [0.15, 0.2) is 5.92 Å². The van der Waals surface area contributed by atoms with Crippen LogP contribution < -0.4 is 5.73 Å². The lowest BCUT2D eigenvalue weighted by Gasteiger charge is -2.10. The molecule has 0 unspecified atom stereocenters. The number of aliphatic carboxylic acids is 2. The maximum Gasteiger partial charge on any atom is 0.317 e. The van der Waals surface area contributed by atoms with Crippen molar-refractivity contribution in [1.29, 1.82) is 0 Å². The molecule has 0 fully saturated rings. The van der Waals surface area contributed by atoms with E-state index in [1.807, 2.05) is 0 Å². The van der Waals surface area contributed by atoms with E-state index in [0.29, 0.717) is 12.2 Å². The molecule has 0 saturated heterocycles. The average molecular weight is 207 g/mol. The van der Waals surface area contributed by atoms with E-state index in [-0.39, 0.29) is 12.5 Å². The fourth-order valence-corrected chi connectivity index (χ4v) is 1.01. The Bertz CT molecular complexity index is 183. The molecular formula is C7H13NO4S. The summed E-state index contributed by atoms with van der Waals surface area (Å²) in [5.41, 5.74) is 5.46. The fraction of sp³-hybridized carbons (Fsp3) is 0.714. The van der Waals surface area contributed by atoms with Crippen molar-refractivity contribution in [3.63, 3.8) is 0 Å². The van der Waals surface area contributed by atoms with Crippen LogP contribution in [-0.2, 0) is 9.59 Å². The van der Waals surface area contributed by atoms with Crippen LogP contribution in [0.15, 0.2) is 0 Å². The van der Waals surface area contributed by atoms with Crippen molar-refractivity contribution in [2.24, 2.45) is 11.7 Å². The van der Waals surface area contributed by atoms with E-state index in [4.69, 9.17) is 15.9 Å². The molecule has 0 aliphatic rings. The maximum absolute atomic E-state index is 10.4. The zero-order chi connectivity index (χ0) is 10.4. The normalized spacial score (nSPS) is 12.8. The number of hydrogen-bond acceptors (Lipinski definition) is 4. The first kappa shape index (κ1) is 12.2. The largest absolute Gasteiger partial charge is 0.481 e. The van der Waals surface area contributed by atoms with Gasteiger partial charge in [-0.1, -0.05) is 0 Å². The van der Waals surface area contributed by atoms with Crippen LogP contribution in [0.2, 0.25) is 0 Å². The first-order chi connectivity index (χ1) is 5.99. The molecule has 1 atom stereocenters. The highest BCUT2D eigenvalue weighted by Gasteiger charge is 2.25. The van der Waals surface area contributed by atoms with Gasteiger partial charge in [0.05, 0.1) is 0 Å². The molecule has 0 saturated carbocycles. The number of carbonyl (C=O) groups is 2. The number of carboxylic acid groups (broad SMARTS) is 2. The van der Waals surface area contributed by atoms with Gasteiger partial charge in [-0.25, -0.2) is 0 Å². The van der Waals surface area contributed by atoms with Crippen molar-refractivity contribution in [3.8, 4) is 0 Å². The number of carboxylic acids is 2. The lowest BCUT2D eigenvalue weighted by Crippen LogP contribution is -2.28. The van der Waals surface area contributed by atoms with E-state index in [1.165, 1.54) is 0 Å². The van der Waals surface area contributed by atoms with Gasteiger partial charge in [0, 0.05) is 11.8 Å². The van der Waals surface area contributed by atoms with E-state index >= 15 is 0 Å². The lowest BCUT2D eigenvalue weighted by molar-refractivity contribution is -0.154. The van der Waals surface area contributed by atoms with E-state index in [1.54, 1.807) is 0 Å². The summed E-state index contributed by atoms with van der Waals surface area (Å²) in [6.07, 6.45) is 0.402. The highest BCUT2D eigenvalue weighted by atomic mass is 32.1. The van der Waals surface area contributed by atoms with Gasteiger partial charge in [-0.2, -0.15) is 12.6 Å². The van der Waals surface area contributed by atoms with Gasteiger partial charge in [-0.05, 0) is 12.8 Å². The first-order valence-corrected chi connectivity index (χ1v) is 4.44. The van der Waals surface area contributed by atoms with Crippen LogP contribution in [0.4, 0.5) is 0 Å². The summed E-state index contributed by atoms with van der Waals surface area (Å²) in [4.78, 5) is 20.8. The quantitative estimate of drug-likeness (QED) is 0.357. The predicted molar refractivity (Wildman–Crippen MR) is 49.8 cm³/mol. The van der Waals surface area contributed by atoms with Gasteiger partial charge in [0.1, 0.15) is 0 Å². The molecule has 0 aromatic rings. The summed E-state index contributed by atoms with van der Waals surface area (Å²) >= 11 is 3.90. The number of nitrogens with two attached hydrogens (primary N) is 1. The van der Waals surface area contributed by atoms with Crippen LogP contribution in [0.25, 0.3) is 0 Å². The molecule has 4 N–H and O–H groups in total. The summed E-state index contributed by atoms with van der Waals surface area (Å²) in [5, 5.41) is 17.0. The fourth-order valence-electron chi connectivity index (χ4n) is 0.825. The number of rotatable bonds is 6. The molecule has 0 radical (unpaired) electrons. The van der Waals surface area contributed by atoms with Crippen molar-refractivity contribution >= 4 is 24.6 Å². The molecule has 0 heterocycles. The molecule has 0 rings (SSSR count). The third-order valence-corrected chi connectivity index (χ3v) is 2.13. The molecule has 6 heteroatoms. The summed E-state index contributed by atoms with van der Waals surface area (Å²) in [5.74, 6) is -3.57. The Morgan fingerprint density at radius 2 is 1.69 bits per heavy atom. The third kappa shape index (κ3) is 4.74. The molecule has 5 nitrogen and oxygen atoms in total. The molecule has 0 aromatic carbocycles. The van der Waals surface area contributed by atoms with Crippen molar-refractivity contribution in [2.45, 2.75) is 18.9 Å². The molecular weight excluding hydrogens is 194 g/mol. The van der Waals surface area contributed by atoms with Gasteiger partial charge >= 0.3 is 11.9 Å². The second kappa shape index (κ2) is 5.82. The summed E-state index contributed by atoms with van der Waals surface area (Å²) < 4.78 is 0. The van der Waals surface area contributed by atoms with Crippen LogP contribution in [0.5, 0.6) is 0 Å². The second-order valence-electron chi connectivity index (χ2n) is 2.75. The Labute approximate surface area is 81.3 Å². The van der Waals surface area contributed by atoms with Gasteiger partial charge in [-0.3, -0.25) is 9.59 Å². The summed E-state index contributed by atoms with van der Waals surface area (Å²) in [6, 6.07) is -0.246. The monoisotopic (exact) mass is 207 g/mol. The predicted octanol–water partition coefficient (Wildman–Crippen LogP) is -0.191. The van der Waals surface area contributed by atoms with E-state index in [9.17, 15) is 9.59 Å². The molecule has 0 amide bonds. The van der Waals surface area contributed by atoms with Gasteiger partial charge in [0.2, 0.25) is 0 Å². The standard InChI is InChI=1S/C7H13NO4S/c8-4(3-13)1-2-5(6(9)10)7(11)12/h4-5,13H,1-3,8H2,(H,9,10)(H,11,12)/t4-/m0/s1. The molecule has 0 aliphatic carbocycles. The molecule has 0 spiro atoms. The zero-order valence-electron chi connectivity index (χ0n) is 7.01. The van der Waals surface area contributed by atoms with Crippen molar-refractivity contribution in [2.75, 3.05) is 5.75 Å². The average Bonchev–Trinajstić information content (AvgIpc) is 2.03. The van der Waals surface area contributed by atoms with Crippen LogP contribution in [0.3, 0.4) is 0 Å². The van der Waals surface area contributed by atoms with E-state index in [0.717, 1.165) is 0 Å². The molecule has 0 aromatic heterocycles. The van der Waals surface area contributed by atoms with Crippen molar-refractivity contribution in [3.05, 3.63) is 0 Å². The Kier molecular flexibility index (Phi) is 5.48. The van der Waals surface area contributed by atoms with Crippen LogP contribution in [0, 0.1) is 5.92 Å². The third-order valence-electron chi connectivity index (χ3n) is 1.66. The minimum atomic E-state index is -1.36.